The molecule has 0 bridgehead atoms. The number of nitrogens with zero attached hydrogens (tertiary/aromatic N) is 6. The molecule has 0 aliphatic heterocycles. The molecule has 0 N–H and O–H groups in total. The lowest BCUT2D eigenvalue weighted by molar-refractivity contribution is 0.862. The van der Waals surface area contributed by atoms with Crippen LogP contribution in [0.1, 0.15) is 16.3 Å². The van der Waals surface area contributed by atoms with Crippen LogP contribution in [0.3, 0.4) is 0 Å². The number of hydrogen-bond acceptors (Lipinski definition) is 6. The molecule has 2 aromatic heterocycles. The van der Waals surface area contributed by atoms with E-state index >= 15 is 0 Å². The molecule has 3 rings (SSSR count). The van der Waals surface area contributed by atoms with E-state index in [-0.39, 0.29) is 0 Å². The standard InChI is InChI=1S/C14H14N6S/c1-9-4-6-12(7-5-9)20-8-13(10(2)19-20)16-18-14-17-15-11(3)21-14/h4-8H,1-3H3. The fraction of sp³-hybridized carbons (Fsp3) is 0.214. The second kappa shape index (κ2) is 5.53. The molecule has 2 heterocycles. The van der Waals surface area contributed by atoms with E-state index in [1.165, 1.54) is 16.9 Å². The van der Waals surface area contributed by atoms with Gasteiger partial charge in [-0.1, -0.05) is 29.0 Å². The third-order valence-corrected chi connectivity index (χ3v) is 3.65. The Hall–Kier alpha value is -2.41. The minimum atomic E-state index is 0.551. The number of aryl methyl sites for hydroxylation is 3. The number of azo groups is 1. The molecule has 0 radical (unpaired) electrons. The van der Waals surface area contributed by atoms with Crippen molar-refractivity contribution in [1.29, 1.82) is 0 Å². The minimum absolute atomic E-state index is 0.551. The maximum atomic E-state index is 4.46. The maximum Gasteiger partial charge on any atom is 0.251 e. The first-order valence-electron chi connectivity index (χ1n) is 6.47. The molecule has 6 nitrogen and oxygen atoms in total. The molecule has 21 heavy (non-hydrogen) atoms. The Morgan fingerprint density at radius 1 is 1.00 bits per heavy atom. The molecule has 106 valence electrons. The largest absolute Gasteiger partial charge is 0.251 e. The Balaban J connectivity index is 1.87. The zero-order valence-electron chi connectivity index (χ0n) is 12.0. The summed E-state index contributed by atoms with van der Waals surface area (Å²) >= 11 is 1.41. The van der Waals surface area contributed by atoms with Crippen molar-refractivity contribution in [2.45, 2.75) is 20.8 Å². The van der Waals surface area contributed by atoms with Gasteiger partial charge in [-0.25, -0.2) is 4.68 Å². The third-order valence-electron chi connectivity index (χ3n) is 2.93. The predicted molar refractivity (Wildman–Crippen MR) is 81.9 cm³/mol. The van der Waals surface area contributed by atoms with Crippen molar-refractivity contribution in [2.24, 2.45) is 10.2 Å². The highest BCUT2D eigenvalue weighted by Gasteiger charge is 2.06. The second-order valence-electron chi connectivity index (χ2n) is 4.68. The summed E-state index contributed by atoms with van der Waals surface area (Å²) in [5.74, 6) is 0. The van der Waals surface area contributed by atoms with Gasteiger partial charge in [-0.3, -0.25) is 0 Å². The maximum absolute atomic E-state index is 4.46. The summed E-state index contributed by atoms with van der Waals surface area (Å²) in [6.45, 7) is 5.85. The van der Waals surface area contributed by atoms with Crippen molar-refractivity contribution in [3.63, 3.8) is 0 Å². The average Bonchev–Trinajstić information content (AvgIpc) is 3.04. The predicted octanol–water partition coefficient (Wildman–Crippen LogP) is 4.06. The first-order chi connectivity index (χ1) is 10.1. The summed E-state index contributed by atoms with van der Waals surface area (Å²) in [5, 5.41) is 22.0. The van der Waals surface area contributed by atoms with Crippen LogP contribution in [-0.2, 0) is 0 Å². The van der Waals surface area contributed by atoms with E-state index in [2.05, 4.69) is 44.6 Å². The molecule has 0 saturated carbocycles. The molecule has 0 aliphatic carbocycles. The Morgan fingerprint density at radius 2 is 1.76 bits per heavy atom. The molecule has 0 amide bonds. The summed E-state index contributed by atoms with van der Waals surface area (Å²) < 4.78 is 1.80. The van der Waals surface area contributed by atoms with E-state index in [0.717, 1.165) is 22.1 Å². The van der Waals surface area contributed by atoms with Crippen molar-refractivity contribution in [1.82, 2.24) is 20.0 Å². The van der Waals surface area contributed by atoms with Crippen LogP contribution in [0.2, 0.25) is 0 Å². The third kappa shape index (κ3) is 3.03. The van der Waals surface area contributed by atoms with Crippen LogP contribution in [0.15, 0.2) is 40.7 Å². The monoisotopic (exact) mass is 298 g/mol. The SMILES string of the molecule is Cc1ccc(-n2cc(N=Nc3nnc(C)s3)c(C)n2)cc1. The van der Waals surface area contributed by atoms with Gasteiger partial charge in [0.05, 0.1) is 17.6 Å². The van der Waals surface area contributed by atoms with Crippen LogP contribution >= 0.6 is 11.3 Å². The molecule has 3 aromatic rings. The summed E-state index contributed by atoms with van der Waals surface area (Å²) in [6.07, 6.45) is 1.86. The van der Waals surface area contributed by atoms with Crippen molar-refractivity contribution in [2.75, 3.05) is 0 Å². The summed E-state index contributed by atoms with van der Waals surface area (Å²) in [6, 6.07) is 8.16. The molecule has 0 fully saturated rings. The van der Waals surface area contributed by atoms with E-state index in [1.54, 1.807) is 4.68 Å². The van der Waals surface area contributed by atoms with E-state index in [4.69, 9.17) is 0 Å². The highest BCUT2D eigenvalue weighted by atomic mass is 32.1. The van der Waals surface area contributed by atoms with Gasteiger partial charge in [-0.15, -0.1) is 20.4 Å². The van der Waals surface area contributed by atoms with Crippen molar-refractivity contribution in [3.05, 3.63) is 46.7 Å². The van der Waals surface area contributed by atoms with Gasteiger partial charge in [0.2, 0.25) is 0 Å². The van der Waals surface area contributed by atoms with Gasteiger partial charge in [-0.2, -0.15) is 5.10 Å². The van der Waals surface area contributed by atoms with E-state index in [1.807, 2.05) is 32.2 Å². The molecule has 0 saturated heterocycles. The van der Waals surface area contributed by atoms with Gasteiger partial charge >= 0.3 is 0 Å². The molecule has 1 aromatic carbocycles. The molecule has 0 aliphatic rings. The Labute approximate surface area is 126 Å². The van der Waals surface area contributed by atoms with Gasteiger partial charge in [0.1, 0.15) is 10.7 Å². The molecule has 0 unspecified atom stereocenters. The van der Waals surface area contributed by atoms with E-state index < -0.39 is 0 Å². The number of aromatic nitrogens is 4. The number of rotatable bonds is 3. The molecule has 7 heteroatoms. The van der Waals surface area contributed by atoms with Crippen LogP contribution in [0.25, 0.3) is 5.69 Å². The highest BCUT2D eigenvalue weighted by molar-refractivity contribution is 7.14. The smallest absolute Gasteiger partial charge is 0.238 e. The molecular formula is C14H14N6S. The van der Waals surface area contributed by atoms with E-state index in [0.29, 0.717) is 5.13 Å². The van der Waals surface area contributed by atoms with Crippen molar-refractivity contribution < 1.29 is 0 Å². The first kappa shape index (κ1) is 13.6. The van der Waals surface area contributed by atoms with Gasteiger partial charge in [-0.05, 0) is 32.9 Å². The summed E-state index contributed by atoms with van der Waals surface area (Å²) in [7, 11) is 0. The Bertz CT molecular complexity index is 784. The van der Waals surface area contributed by atoms with Crippen molar-refractivity contribution in [3.8, 4) is 5.69 Å². The van der Waals surface area contributed by atoms with Gasteiger partial charge in [0, 0.05) is 0 Å². The van der Waals surface area contributed by atoms with Gasteiger partial charge in [0.25, 0.3) is 5.13 Å². The lowest BCUT2D eigenvalue weighted by Crippen LogP contribution is -1.94. The topological polar surface area (TPSA) is 68.3 Å². The zero-order valence-corrected chi connectivity index (χ0v) is 12.8. The summed E-state index contributed by atoms with van der Waals surface area (Å²) in [4.78, 5) is 0. The second-order valence-corrected chi connectivity index (χ2v) is 5.84. The average molecular weight is 298 g/mol. The molecule has 0 atom stereocenters. The first-order valence-corrected chi connectivity index (χ1v) is 7.28. The van der Waals surface area contributed by atoms with Crippen LogP contribution in [-0.4, -0.2) is 20.0 Å². The van der Waals surface area contributed by atoms with Crippen molar-refractivity contribution >= 4 is 22.2 Å². The fourth-order valence-electron chi connectivity index (χ4n) is 1.80. The fourth-order valence-corrected chi connectivity index (χ4v) is 2.31. The summed E-state index contributed by atoms with van der Waals surface area (Å²) in [5.41, 5.74) is 3.76. The van der Waals surface area contributed by atoms with Gasteiger partial charge < -0.3 is 0 Å². The number of benzene rings is 1. The Kier molecular flexibility index (Phi) is 3.57. The lowest BCUT2D eigenvalue weighted by atomic mass is 10.2. The minimum Gasteiger partial charge on any atom is -0.238 e. The van der Waals surface area contributed by atoms with Gasteiger partial charge in [0.15, 0.2) is 0 Å². The molecular weight excluding hydrogens is 284 g/mol. The van der Waals surface area contributed by atoms with Crippen LogP contribution < -0.4 is 0 Å². The zero-order chi connectivity index (χ0) is 14.8. The lowest BCUT2D eigenvalue weighted by Gasteiger charge is -2.00. The normalized spacial score (nSPS) is 11.4. The number of hydrogen-bond donors (Lipinski definition) is 0. The highest BCUT2D eigenvalue weighted by Crippen LogP contribution is 2.24. The van der Waals surface area contributed by atoms with Crippen LogP contribution in [0, 0.1) is 20.8 Å². The van der Waals surface area contributed by atoms with E-state index in [9.17, 15) is 0 Å². The quantitative estimate of drug-likeness (QED) is 0.684. The van der Waals surface area contributed by atoms with Crippen LogP contribution in [0.4, 0.5) is 10.8 Å². The molecule has 0 spiro atoms. The van der Waals surface area contributed by atoms with Crippen LogP contribution in [0.5, 0.6) is 0 Å². The Morgan fingerprint density at radius 3 is 2.43 bits per heavy atom.